The second-order valence-electron chi connectivity index (χ2n) is 4.93. The van der Waals surface area contributed by atoms with Gasteiger partial charge in [-0.15, -0.1) is 0 Å². The highest BCUT2D eigenvalue weighted by Gasteiger charge is 2.07. The summed E-state index contributed by atoms with van der Waals surface area (Å²) in [5.74, 6) is -0.763. The van der Waals surface area contributed by atoms with E-state index < -0.39 is 5.91 Å². The maximum atomic E-state index is 11.9. The lowest BCUT2D eigenvalue weighted by atomic mass is 10.1. The van der Waals surface area contributed by atoms with Crippen LogP contribution in [0.25, 0.3) is 0 Å². The van der Waals surface area contributed by atoms with Crippen molar-refractivity contribution < 1.29 is 9.59 Å². The average molecular weight is 409 g/mol. The summed E-state index contributed by atoms with van der Waals surface area (Å²) in [7, 11) is 0. The van der Waals surface area contributed by atoms with Gasteiger partial charge in [-0.05, 0) is 48.9 Å². The molecule has 0 heterocycles. The van der Waals surface area contributed by atoms with Crippen molar-refractivity contribution in [1.82, 2.24) is 10.7 Å². The standard InChI is InChI=1S/C17H15BrClN3O2/c1-11(13-3-2-4-14(18)9-13)21-22-16(23)10-20-17(24)12-5-7-15(19)8-6-12/h2-9H,10H2,1H3,(H,20,24)(H,22,23)/b21-11+. The molecular weight excluding hydrogens is 394 g/mol. The Morgan fingerprint density at radius 1 is 1.12 bits per heavy atom. The summed E-state index contributed by atoms with van der Waals surface area (Å²) in [4.78, 5) is 23.7. The third-order valence-electron chi connectivity index (χ3n) is 3.11. The molecule has 0 unspecified atom stereocenters. The predicted molar refractivity (Wildman–Crippen MR) is 98.3 cm³/mol. The first-order valence-electron chi connectivity index (χ1n) is 7.08. The molecule has 0 atom stereocenters. The second-order valence-corrected chi connectivity index (χ2v) is 6.28. The van der Waals surface area contributed by atoms with E-state index >= 15 is 0 Å². The molecule has 0 aliphatic rings. The van der Waals surface area contributed by atoms with Gasteiger partial charge in [-0.25, -0.2) is 5.43 Å². The average Bonchev–Trinajstić information content (AvgIpc) is 2.58. The van der Waals surface area contributed by atoms with Crippen molar-refractivity contribution in [2.45, 2.75) is 6.92 Å². The predicted octanol–water partition coefficient (Wildman–Crippen LogP) is 3.37. The van der Waals surface area contributed by atoms with E-state index in [4.69, 9.17) is 11.6 Å². The zero-order valence-corrected chi connectivity index (χ0v) is 15.2. The quantitative estimate of drug-likeness (QED) is 0.588. The SMILES string of the molecule is C/C(=N\NC(=O)CNC(=O)c1ccc(Cl)cc1)c1cccc(Br)c1. The van der Waals surface area contributed by atoms with Gasteiger partial charge in [0.15, 0.2) is 0 Å². The van der Waals surface area contributed by atoms with E-state index in [0.29, 0.717) is 16.3 Å². The van der Waals surface area contributed by atoms with Gasteiger partial charge >= 0.3 is 0 Å². The molecule has 2 rings (SSSR count). The van der Waals surface area contributed by atoms with Crippen molar-refractivity contribution >= 4 is 45.1 Å². The molecule has 2 N–H and O–H groups in total. The lowest BCUT2D eigenvalue weighted by Crippen LogP contribution is -2.35. The van der Waals surface area contributed by atoms with Crippen LogP contribution in [0, 0.1) is 0 Å². The Kier molecular flexibility index (Phi) is 6.52. The number of amides is 2. The number of nitrogens with one attached hydrogen (secondary N) is 2. The number of halogens is 2. The van der Waals surface area contributed by atoms with Crippen molar-refractivity contribution in [3.8, 4) is 0 Å². The number of benzene rings is 2. The number of carbonyl (C=O) groups is 2. The molecule has 0 aliphatic carbocycles. The summed E-state index contributed by atoms with van der Waals surface area (Å²) in [5, 5.41) is 7.09. The minimum absolute atomic E-state index is 0.170. The summed E-state index contributed by atoms with van der Waals surface area (Å²) >= 11 is 9.14. The highest BCUT2D eigenvalue weighted by atomic mass is 79.9. The van der Waals surface area contributed by atoms with Gasteiger partial charge in [0.05, 0.1) is 12.3 Å². The summed E-state index contributed by atoms with van der Waals surface area (Å²) in [5.41, 5.74) is 4.39. The molecule has 0 aromatic heterocycles. The van der Waals surface area contributed by atoms with Gasteiger partial charge in [-0.3, -0.25) is 9.59 Å². The summed E-state index contributed by atoms with van der Waals surface area (Å²) in [6.45, 7) is 1.62. The van der Waals surface area contributed by atoms with Crippen molar-refractivity contribution in [2.75, 3.05) is 6.54 Å². The van der Waals surface area contributed by atoms with Crippen LogP contribution < -0.4 is 10.7 Å². The molecule has 0 bridgehead atoms. The molecule has 7 heteroatoms. The summed E-state index contributed by atoms with van der Waals surface area (Å²) < 4.78 is 0.927. The van der Waals surface area contributed by atoms with Gasteiger partial charge in [0.1, 0.15) is 0 Å². The van der Waals surface area contributed by atoms with Crippen LogP contribution in [0.2, 0.25) is 5.02 Å². The van der Waals surface area contributed by atoms with Crippen molar-refractivity contribution in [2.24, 2.45) is 5.10 Å². The monoisotopic (exact) mass is 407 g/mol. The van der Waals surface area contributed by atoms with Crippen molar-refractivity contribution in [3.05, 3.63) is 69.2 Å². The van der Waals surface area contributed by atoms with E-state index in [-0.39, 0.29) is 12.5 Å². The fourth-order valence-electron chi connectivity index (χ4n) is 1.83. The highest BCUT2D eigenvalue weighted by molar-refractivity contribution is 9.10. The van der Waals surface area contributed by atoms with E-state index in [9.17, 15) is 9.59 Å². The normalized spacial score (nSPS) is 11.0. The summed E-state index contributed by atoms with van der Waals surface area (Å²) in [6.07, 6.45) is 0. The molecule has 0 saturated carbocycles. The summed E-state index contributed by atoms with van der Waals surface area (Å²) in [6, 6.07) is 14.0. The third-order valence-corrected chi connectivity index (χ3v) is 3.85. The molecule has 124 valence electrons. The van der Waals surface area contributed by atoms with Gasteiger partial charge in [-0.1, -0.05) is 39.7 Å². The molecule has 0 radical (unpaired) electrons. The van der Waals surface area contributed by atoms with Crippen LogP contribution in [-0.2, 0) is 4.79 Å². The maximum absolute atomic E-state index is 11.9. The third kappa shape index (κ3) is 5.47. The van der Waals surface area contributed by atoms with Crippen LogP contribution in [0.4, 0.5) is 0 Å². The van der Waals surface area contributed by atoms with Gasteiger partial charge in [0.2, 0.25) is 0 Å². The minimum Gasteiger partial charge on any atom is -0.343 e. The first-order valence-corrected chi connectivity index (χ1v) is 8.25. The van der Waals surface area contributed by atoms with Gasteiger partial charge in [0, 0.05) is 15.1 Å². The number of hydrogen-bond acceptors (Lipinski definition) is 3. The van der Waals surface area contributed by atoms with Crippen LogP contribution in [0.1, 0.15) is 22.8 Å². The smallest absolute Gasteiger partial charge is 0.259 e. The van der Waals surface area contributed by atoms with E-state index in [2.05, 4.69) is 31.8 Å². The first kappa shape index (κ1) is 18.2. The molecule has 0 aliphatic heterocycles. The number of carbonyl (C=O) groups excluding carboxylic acids is 2. The molecule has 24 heavy (non-hydrogen) atoms. The largest absolute Gasteiger partial charge is 0.343 e. The first-order chi connectivity index (χ1) is 11.5. The van der Waals surface area contributed by atoms with Crippen LogP contribution >= 0.6 is 27.5 Å². The van der Waals surface area contributed by atoms with Crippen molar-refractivity contribution in [1.29, 1.82) is 0 Å². The van der Waals surface area contributed by atoms with Gasteiger partial charge < -0.3 is 5.32 Å². The lowest BCUT2D eigenvalue weighted by molar-refractivity contribution is -0.120. The maximum Gasteiger partial charge on any atom is 0.259 e. The van der Waals surface area contributed by atoms with Crippen LogP contribution in [0.15, 0.2) is 58.1 Å². The molecule has 0 fully saturated rings. The fraction of sp³-hybridized carbons (Fsp3) is 0.118. The Morgan fingerprint density at radius 3 is 2.50 bits per heavy atom. The topological polar surface area (TPSA) is 70.6 Å². The Bertz CT molecular complexity index is 776. The fourth-order valence-corrected chi connectivity index (χ4v) is 2.35. The van der Waals surface area contributed by atoms with E-state index in [0.717, 1.165) is 10.0 Å². The van der Waals surface area contributed by atoms with Crippen LogP contribution in [-0.4, -0.2) is 24.1 Å². The van der Waals surface area contributed by atoms with Gasteiger partial charge in [-0.2, -0.15) is 5.10 Å². The molecular formula is C17H15BrClN3O2. The Morgan fingerprint density at radius 2 is 1.83 bits per heavy atom. The highest BCUT2D eigenvalue weighted by Crippen LogP contribution is 2.12. The van der Waals surface area contributed by atoms with Gasteiger partial charge in [0.25, 0.3) is 11.8 Å². The lowest BCUT2D eigenvalue weighted by Gasteiger charge is -2.06. The van der Waals surface area contributed by atoms with Crippen molar-refractivity contribution in [3.63, 3.8) is 0 Å². The zero-order valence-electron chi connectivity index (χ0n) is 12.8. The number of nitrogens with zero attached hydrogens (tertiary/aromatic N) is 1. The molecule has 2 aromatic carbocycles. The number of hydrazone groups is 1. The second kappa shape index (κ2) is 8.61. The van der Waals surface area contributed by atoms with E-state index in [1.54, 1.807) is 31.2 Å². The Balaban J connectivity index is 1.86. The van der Waals surface area contributed by atoms with E-state index in [1.165, 1.54) is 0 Å². The van der Waals surface area contributed by atoms with Crippen LogP contribution in [0.3, 0.4) is 0 Å². The Labute approximate surface area is 153 Å². The number of rotatable bonds is 5. The zero-order chi connectivity index (χ0) is 17.5. The molecule has 0 spiro atoms. The molecule has 2 aromatic rings. The number of hydrogen-bond donors (Lipinski definition) is 2. The molecule has 2 amide bonds. The minimum atomic E-state index is -0.410. The molecule has 0 saturated heterocycles. The Hall–Kier alpha value is -2.18. The van der Waals surface area contributed by atoms with Crippen LogP contribution in [0.5, 0.6) is 0 Å². The van der Waals surface area contributed by atoms with E-state index in [1.807, 2.05) is 24.3 Å². The molecule has 5 nitrogen and oxygen atoms in total.